The molecular formula is C30H39F3N4O3. The first kappa shape index (κ1) is 28.5. The molecule has 2 heterocycles. The molecule has 10 heteroatoms. The molecule has 0 aromatic heterocycles. The topological polar surface area (TPSA) is 66.1 Å². The van der Waals surface area contributed by atoms with E-state index in [4.69, 9.17) is 9.47 Å². The number of hydrogen-bond acceptors (Lipinski definition) is 5. The van der Waals surface area contributed by atoms with Gasteiger partial charge in [-0.2, -0.15) is 13.2 Å². The number of likely N-dealkylation sites (tertiary alicyclic amines) is 2. The third-order valence-corrected chi connectivity index (χ3v) is 9.22. The second-order valence-electron chi connectivity index (χ2n) is 11.4. The number of methoxy groups -OCH3 is 2. The van der Waals surface area contributed by atoms with Gasteiger partial charge >= 0.3 is 12.2 Å². The van der Waals surface area contributed by atoms with Gasteiger partial charge in [0, 0.05) is 29.2 Å². The molecule has 2 saturated heterocycles. The molecule has 5 rings (SSSR count). The highest BCUT2D eigenvalue weighted by molar-refractivity contribution is 5.89. The van der Waals surface area contributed by atoms with Crippen LogP contribution in [0.4, 0.5) is 23.7 Å². The molecule has 2 aromatic carbocycles. The van der Waals surface area contributed by atoms with Crippen molar-refractivity contribution in [3.8, 4) is 11.5 Å². The summed E-state index contributed by atoms with van der Waals surface area (Å²) in [5.74, 6) is 1.43. The van der Waals surface area contributed by atoms with Crippen LogP contribution in [-0.2, 0) is 11.6 Å². The highest BCUT2D eigenvalue weighted by Crippen LogP contribution is 2.51. The third kappa shape index (κ3) is 5.74. The number of amides is 2. The van der Waals surface area contributed by atoms with E-state index < -0.39 is 17.8 Å². The first-order valence-corrected chi connectivity index (χ1v) is 14.0. The van der Waals surface area contributed by atoms with E-state index in [2.05, 4.69) is 39.6 Å². The average molecular weight is 561 g/mol. The van der Waals surface area contributed by atoms with Gasteiger partial charge in [0.2, 0.25) is 0 Å². The van der Waals surface area contributed by atoms with E-state index in [0.29, 0.717) is 17.5 Å². The maximum absolute atomic E-state index is 12.9. The molecule has 2 aromatic rings. The number of halogens is 3. The minimum atomic E-state index is -4.41. The van der Waals surface area contributed by atoms with E-state index in [1.807, 2.05) is 6.07 Å². The number of urea groups is 1. The first-order chi connectivity index (χ1) is 19.1. The number of alkyl halides is 3. The largest absolute Gasteiger partial charge is 0.493 e. The molecule has 1 aliphatic carbocycles. The van der Waals surface area contributed by atoms with Crippen molar-refractivity contribution in [1.29, 1.82) is 0 Å². The Kier molecular flexibility index (Phi) is 8.20. The monoisotopic (exact) mass is 560 g/mol. The molecule has 3 aliphatic rings. The summed E-state index contributed by atoms with van der Waals surface area (Å²) < 4.78 is 49.8. The number of carbonyl (C=O) groups is 1. The van der Waals surface area contributed by atoms with Crippen molar-refractivity contribution >= 4 is 11.7 Å². The maximum atomic E-state index is 12.9. The van der Waals surface area contributed by atoms with Gasteiger partial charge in [0.15, 0.2) is 11.5 Å². The van der Waals surface area contributed by atoms with Crippen LogP contribution in [0, 0.1) is 0 Å². The van der Waals surface area contributed by atoms with Crippen LogP contribution in [0.2, 0.25) is 0 Å². The summed E-state index contributed by atoms with van der Waals surface area (Å²) in [7, 11) is 5.47. The Balaban J connectivity index is 1.34. The predicted octanol–water partition coefficient (Wildman–Crippen LogP) is 5.50. The highest BCUT2D eigenvalue weighted by atomic mass is 19.4. The second-order valence-corrected chi connectivity index (χ2v) is 11.4. The Morgan fingerprint density at radius 1 is 0.950 bits per heavy atom. The number of nitrogens with one attached hydrogen (secondary N) is 2. The van der Waals surface area contributed by atoms with Gasteiger partial charge in [-0.15, -0.1) is 0 Å². The molecule has 3 atom stereocenters. The van der Waals surface area contributed by atoms with E-state index in [-0.39, 0.29) is 17.5 Å². The average Bonchev–Trinajstić information content (AvgIpc) is 3.32. The molecule has 218 valence electrons. The quantitative estimate of drug-likeness (QED) is 0.488. The van der Waals surface area contributed by atoms with Gasteiger partial charge in [-0.3, -0.25) is 4.90 Å². The van der Waals surface area contributed by atoms with Crippen molar-refractivity contribution < 1.29 is 27.4 Å². The summed E-state index contributed by atoms with van der Waals surface area (Å²) in [6, 6.07) is 11.1. The molecular weight excluding hydrogens is 521 g/mol. The van der Waals surface area contributed by atoms with Crippen molar-refractivity contribution in [3.63, 3.8) is 0 Å². The van der Waals surface area contributed by atoms with E-state index in [1.165, 1.54) is 17.7 Å². The standard InChI is InChI=1S/C30H39F3N4O3/c1-36-15-11-24(12-16-36)37-17-14-29(21-6-9-25(39-2)26(18-21)40-3)13-10-23(19-27(29)37)35-28(38)34-22-7-4-20(5-8-22)30(31,32)33/h4-9,18,23-24,27H,10-17,19H2,1-3H3,(H2,34,35,38). The van der Waals surface area contributed by atoms with Crippen molar-refractivity contribution in [2.24, 2.45) is 0 Å². The zero-order valence-corrected chi connectivity index (χ0v) is 23.4. The van der Waals surface area contributed by atoms with Gasteiger partial charge in [0.1, 0.15) is 0 Å². The van der Waals surface area contributed by atoms with E-state index in [9.17, 15) is 18.0 Å². The molecule has 2 amide bonds. The van der Waals surface area contributed by atoms with Gasteiger partial charge in [-0.25, -0.2) is 4.79 Å². The summed E-state index contributed by atoms with van der Waals surface area (Å²) >= 11 is 0. The van der Waals surface area contributed by atoms with Crippen molar-refractivity contribution in [2.45, 2.75) is 68.2 Å². The SMILES string of the molecule is COc1ccc(C23CCC(NC(=O)Nc4ccc(C(F)(F)F)cc4)CC2N(C2CCN(C)CC2)CC3)cc1OC. The molecule has 7 nitrogen and oxygen atoms in total. The van der Waals surface area contributed by atoms with Crippen LogP contribution < -0.4 is 20.1 Å². The number of anilines is 1. The number of hydrogen-bond donors (Lipinski definition) is 2. The fourth-order valence-electron chi connectivity index (χ4n) is 7.06. The fourth-order valence-corrected chi connectivity index (χ4v) is 7.06. The van der Waals surface area contributed by atoms with Crippen LogP contribution in [0.15, 0.2) is 42.5 Å². The van der Waals surface area contributed by atoms with Crippen LogP contribution in [0.5, 0.6) is 11.5 Å². The van der Waals surface area contributed by atoms with Gasteiger partial charge < -0.3 is 25.0 Å². The molecule has 0 bridgehead atoms. The predicted molar refractivity (Wildman–Crippen MR) is 148 cm³/mol. The molecule has 0 spiro atoms. The van der Waals surface area contributed by atoms with Crippen LogP contribution in [-0.4, -0.2) is 74.9 Å². The molecule has 3 fully saturated rings. The summed E-state index contributed by atoms with van der Waals surface area (Å²) in [5, 5.41) is 5.82. The first-order valence-electron chi connectivity index (χ1n) is 14.0. The van der Waals surface area contributed by atoms with Gasteiger partial charge in [0.25, 0.3) is 0 Å². The lowest BCUT2D eigenvalue weighted by molar-refractivity contribution is -0.137. The van der Waals surface area contributed by atoms with Crippen LogP contribution in [0.25, 0.3) is 0 Å². The Morgan fingerprint density at radius 2 is 1.65 bits per heavy atom. The summed E-state index contributed by atoms with van der Waals surface area (Å²) in [4.78, 5) is 17.9. The molecule has 2 aliphatic heterocycles. The Morgan fingerprint density at radius 3 is 2.30 bits per heavy atom. The van der Waals surface area contributed by atoms with Crippen molar-refractivity contribution in [1.82, 2.24) is 15.1 Å². The summed E-state index contributed by atoms with van der Waals surface area (Å²) in [6.07, 6.45) is 1.42. The number of carbonyl (C=O) groups excluding carboxylic acids is 1. The fraction of sp³-hybridized carbons (Fsp3) is 0.567. The minimum absolute atomic E-state index is 0.0421. The second kappa shape index (κ2) is 11.5. The lowest BCUT2D eigenvalue weighted by atomic mass is 9.65. The lowest BCUT2D eigenvalue weighted by Gasteiger charge is -2.48. The maximum Gasteiger partial charge on any atom is 0.416 e. The van der Waals surface area contributed by atoms with Crippen molar-refractivity contribution in [3.05, 3.63) is 53.6 Å². The van der Waals surface area contributed by atoms with E-state index in [0.717, 1.165) is 76.0 Å². The minimum Gasteiger partial charge on any atom is -0.493 e. The van der Waals surface area contributed by atoms with Crippen LogP contribution in [0.3, 0.4) is 0 Å². The Bertz CT molecular complexity index is 1180. The Labute approximate surface area is 234 Å². The van der Waals surface area contributed by atoms with E-state index in [1.54, 1.807) is 14.2 Å². The summed E-state index contributed by atoms with van der Waals surface area (Å²) in [5.41, 5.74) is 0.783. The molecule has 40 heavy (non-hydrogen) atoms. The molecule has 3 unspecified atom stereocenters. The van der Waals surface area contributed by atoms with Crippen LogP contribution in [0.1, 0.15) is 49.7 Å². The van der Waals surface area contributed by atoms with Gasteiger partial charge in [-0.05, 0) is 107 Å². The number of fused-ring (bicyclic) bond motifs is 1. The smallest absolute Gasteiger partial charge is 0.416 e. The normalized spacial score (nSPS) is 26.2. The van der Waals surface area contributed by atoms with Gasteiger partial charge in [-0.1, -0.05) is 6.07 Å². The number of nitrogens with zero attached hydrogens (tertiary/aromatic N) is 2. The zero-order chi connectivity index (χ0) is 28.5. The molecule has 1 saturated carbocycles. The zero-order valence-electron chi connectivity index (χ0n) is 23.4. The molecule has 2 N–H and O–H groups in total. The number of rotatable bonds is 6. The summed E-state index contributed by atoms with van der Waals surface area (Å²) in [6.45, 7) is 3.17. The van der Waals surface area contributed by atoms with E-state index >= 15 is 0 Å². The van der Waals surface area contributed by atoms with Gasteiger partial charge in [0.05, 0.1) is 19.8 Å². The number of piperidine rings is 1. The highest BCUT2D eigenvalue weighted by Gasteiger charge is 2.53. The molecule has 0 radical (unpaired) electrons. The Hall–Kier alpha value is -2.98. The lowest BCUT2D eigenvalue weighted by Crippen LogP contribution is -2.56. The number of benzene rings is 2. The third-order valence-electron chi connectivity index (χ3n) is 9.22. The van der Waals surface area contributed by atoms with Crippen LogP contribution >= 0.6 is 0 Å². The van der Waals surface area contributed by atoms with Crippen molar-refractivity contribution in [2.75, 3.05) is 46.2 Å². The number of ether oxygens (including phenoxy) is 2.